The number of fused-ring (bicyclic) bond motifs is 1. The first-order valence-electron chi connectivity index (χ1n) is 4.38. The molecule has 0 aliphatic carbocycles. The van der Waals surface area contributed by atoms with Crippen LogP contribution in [0.5, 0.6) is 5.75 Å². The maximum absolute atomic E-state index is 11.1. The fourth-order valence-electron chi connectivity index (χ4n) is 1.54. The van der Waals surface area contributed by atoms with E-state index in [1.807, 2.05) is 0 Å². The van der Waals surface area contributed by atoms with Gasteiger partial charge in [-0.3, -0.25) is 4.55 Å². The van der Waals surface area contributed by atoms with E-state index in [1.54, 1.807) is 12.1 Å². The Morgan fingerprint density at radius 2 is 1.81 bits per heavy atom. The number of aromatic hydroxyl groups is 1. The summed E-state index contributed by atoms with van der Waals surface area (Å²) < 4.78 is 31.3. The van der Waals surface area contributed by atoms with Gasteiger partial charge in [-0.25, -0.2) is 0 Å². The minimum atomic E-state index is -4.38. The Morgan fingerprint density at radius 1 is 1.12 bits per heavy atom. The number of phenolic OH excluding ortho intramolecular Hbond substituents is 1. The van der Waals surface area contributed by atoms with Crippen LogP contribution >= 0.6 is 0 Å². The van der Waals surface area contributed by atoms with Crippen LogP contribution in [0.3, 0.4) is 0 Å². The highest BCUT2D eigenvalue weighted by Gasteiger charge is 2.15. The average Bonchev–Trinajstić information content (AvgIpc) is 2.16. The second kappa shape index (κ2) is 3.36. The van der Waals surface area contributed by atoms with E-state index in [0.29, 0.717) is 11.1 Å². The summed E-state index contributed by atoms with van der Waals surface area (Å²) in [5, 5.41) is 10.1. The van der Waals surface area contributed by atoms with Gasteiger partial charge in [-0.1, -0.05) is 6.07 Å². The zero-order chi connectivity index (χ0) is 11.9. The van der Waals surface area contributed by atoms with Gasteiger partial charge in [-0.2, -0.15) is 8.42 Å². The van der Waals surface area contributed by atoms with E-state index in [-0.39, 0.29) is 16.0 Å². The van der Waals surface area contributed by atoms with Gasteiger partial charge in [0.05, 0.1) is 0 Å². The SMILES string of the molecule is Nc1ccc2cc(O)cc(S(=O)(=O)O)c2c1. The fraction of sp³-hybridized carbons (Fsp3) is 0. The summed E-state index contributed by atoms with van der Waals surface area (Å²) in [6.45, 7) is 0. The summed E-state index contributed by atoms with van der Waals surface area (Å²) in [4.78, 5) is -0.352. The molecule has 84 valence electrons. The predicted molar refractivity (Wildman–Crippen MR) is 59.8 cm³/mol. The average molecular weight is 239 g/mol. The van der Waals surface area contributed by atoms with E-state index in [0.717, 1.165) is 6.07 Å². The molecular weight excluding hydrogens is 230 g/mol. The lowest BCUT2D eigenvalue weighted by Gasteiger charge is -2.05. The van der Waals surface area contributed by atoms with Crippen molar-refractivity contribution in [3.8, 4) is 5.75 Å². The Hall–Kier alpha value is -1.79. The van der Waals surface area contributed by atoms with Gasteiger partial charge in [0.2, 0.25) is 0 Å². The minimum Gasteiger partial charge on any atom is -0.508 e. The van der Waals surface area contributed by atoms with E-state index >= 15 is 0 Å². The molecule has 0 unspecified atom stereocenters. The van der Waals surface area contributed by atoms with Crippen LogP contribution in [0.25, 0.3) is 10.8 Å². The van der Waals surface area contributed by atoms with Crippen molar-refractivity contribution in [1.82, 2.24) is 0 Å². The molecule has 2 rings (SSSR count). The summed E-state index contributed by atoms with van der Waals surface area (Å²) in [6.07, 6.45) is 0. The lowest BCUT2D eigenvalue weighted by molar-refractivity contribution is 0.468. The molecule has 0 heterocycles. The third-order valence-electron chi connectivity index (χ3n) is 2.20. The van der Waals surface area contributed by atoms with Gasteiger partial charge in [-0.05, 0) is 23.6 Å². The highest BCUT2D eigenvalue weighted by molar-refractivity contribution is 7.86. The Kier molecular flexibility index (Phi) is 2.25. The number of nitrogens with two attached hydrogens (primary N) is 1. The number of phenols is 1. The fourth-order valence-corrected chi connectivity index (χ4v) is 2.26. The third-order valence-corrected chi connectivity index (χ3v) is 3.10. The molecule has 0 fully saturated rings. The lowest BCUT2D eigenvalue weighted by atomic mass is 10.1. The molecule has 0 aliphatic rings. The van der Waals surface area contributed by atoms with Crippen LogP contribution in [0.1, 0.15) is 0 Å². The standard InChI is InChI=1S/C10H9NO4S/c11-7-2-1-6-3-8(12)5-10(9(6)4-7)16(13,14)15/h1-5,12H,11H2,(H,13,14,15). The Balaban J connectivity index is 2.96. The number of anilines is 1. The number of hydrogen-bond donors (Lipinski definition) is 3. The maximum atomic E-state index is 11.1. The topological polar surface area (TPSA) is 101 Å². The van der Waals surface area contributed by atoms with Crippen LogP contribution in [0.15, 0.2) is 35.2 Å². The van der Waals surface area contributed by atoms with Crippen molar-refractivity contribution in [3.63, 3.8) is 0 Å². The molecule has 0 radical (unpaired) electrons. The van der Waals surface area contributed by atoms with Crippen molar-refractivity contribution in [2.75, 3.05) is 5.73 Å². The second-order valence-electron chi connectivity index (χ2n) is 3.40. The van der Waals surface area contributed by atoms with Crippen molar-refractivity contribution in [2.45, 2.75) is 4.90 Å². The molecule has 5 nitrogen and oxygen atoms in total. The molecule has 2 aromatic rings. The van der Waals surface area contributed by atoms with Gasteiger partial charge in [0.1, 0.15) is 10.6 Å². The minimum absolute atomic E-state index is 0.232. The van der Waals surface area contributed by atoms with E-state index < -0.39 is 10.1 Å². The molecule has 0 saturated carbocycles. The normalized spacial score (nSPS) is 11.8. The van der Waals surface area contributed by atoms with Crippen molar-refractivity contribution < 1.29 is 18.1 Å². The van der Waals surface area contributed by atoms with Gasteiger partial charge >= 0.3 is 0 Å². The first-order chi connectivity index (χ1) is 7.38. The van der Waals surface area contributed by atoms with Crippen molar-refractivity contribution in [3.05, 3.63) is 30.3 Å². The monoisotopic (exact) mass is 239 g/mol. The Labute approximate surface area is 91.9 Å². The summed E-state index contributed by atoms with van der Waals surface area (Å²) in [5.41, 5.74) is 5.91. The van der Waals surface area contributed by atoms with E-state index in [9.17, 15) is 13.5 Å². The zero-order valence-corrected chi connectivity index (χ0v) is 8.90. The van der Waals surface area contributed by atoms with Crippen molar-refractivity contribution >= 4 is 26.6 Å². The van der Waals surface area contributed by atoms with Crippen molar-refractivity contribution in [1.29, 1.82) is 0 Å². The molecule has 0 spiro atoms. The Bertz CT molecular complexity index is 664. The molecule has 4 N–H and O–H groups in total. The molecule has 6 heteroatoms. The van der Waals surface area contributed by atoms with Crippen LogP contribution in [0.4, 0.5) is 5.69 Å². The highest BCUT2D eigenvalue weighted by atomic mass is 32.2. The summed E-state index contributed by atoms with van der Waals surface area (Å²) in [7, 11) is -4.38. The van der Waals surface area contributed by atoms with Crippen molar-refractivity contribution in [2.24, 2.45) is 0 Å². The summed E-state index contributed by atoms with van der Waals surface area (Å²) >= 11 is 0. The molecule has 2 aromatic carbocycles. The van der Waals surface area contributed by atoms with Crippen LogP contribution in [0, 0.1) is 0 Å². The van der Waals surface area contributed by atoms with Crippen LogP contribution < -0.4 is 5.73 Å². The quantitative estimate of drug-likeness (QED) is 0.515. The molecule has 0 saturated heterocycles. The van der Waals surface area contributed by atoms with Gasteiger partial charge in [-0.15, -0.1) is 0 Å². The van der Waals surface area contributed by atoms with Crippen LogP contribution in [-0.4, -0.2) is 18.1 Å². The number of nitrogen functional groups attached to an aromatic ring is 1. The zero-order valence-electron chi connectivity index (χ0n) is 8.08. The van der Waals surface area contributed by atoms with Crippen LogP contribution in [-0.2, 0) is 10.1 Å². The second-order valence-corrected chi connectivity index (χ2v) is 4.79. The Morgan fingerprint density at radius 3 is 2.44 bits per heavy atom. The summed E-state index contributed by atoms with van der Waals surface area (Å²) in [6, 6.07) is 6.95. The highest BCUT2D eigenvalue weighted by Crippen LogP contribution is 2.29. The molecule has 0 aliphatic heterocycles. The molecule has 0 aromatic heterocycles. The van der Waals surface area contributed by atoms with Gasteiger partial charge in [0, 0.05) is 17.1 Å². The van der Waals surface area contributed by atoms with Gasteiger partial charge in [0.25, 0.3) is 10.1 Å². The molecule has 0 bridgehead atoms. The smallest absolute Gasteiger partial charge is 0.295 e. The number of rotatable bonds is 1. The molecule has 0 amide bonds. The largest absolute Gasteiger partial charge is 0.508 e. The molecular formula is C10H9NO4S. The summed E-state index contributed by atoms with van der Waals surface area (Å²) in [5.74, 6) is -0.232. The van der Waals surface area contributed by atoms with Crippen LogP contribution in [0.2, 0.25) is 0 Å². The number of hydrogen-bond acceptors (Lipinski definition) is 4. The molecule has 16 heavy (non-hydrogen) atoms. The third kappa shape index (κ3) is 1.80. The first-order valence-corrected chi connectivity index (χ1v) is 5.82. The van der Waals surface area contributed by atoms with E-state index in [2.05, 4.69) is 0 Å². The molecule has 0 atom stereocenters. The lowest BCUT2D eigenvalue weighted by Crippen LogP contribution is -1.99. The van der Waals surface area contributed by atoms with E-state index in [4.69, 9.17) is 10.3 Å². The van der Waals surface area contributed by atoms with E-state index in [1.165, 1.54) is 12.1 Å². The maximum Gasteiger partial charge on any atom is 0.295 e. The van der Waals surface area contributed by atoms with Gasteiger partial charge < -0.3 is 10.8 Å². The predicted octanol–water partition coefficient (Wildman–Crippen LogP) is 1.37. The van der Waals surface area contributed by atoms with Gasteiger partial charge in [0.15, 0.2) is 0 Å². The first kappa shape index (κ1) is 10.7. The number of benzene rings is 2.